The lowest BCUT2D eigenvalue weighted by Crippen LogP contribution is -2.44. The highest BCUT2D eigenvalue weighted by atomic mass is 16.4. The van der Waals surface area contributed by atoms with Crippen LogP contribution in [0.3, 0.4) is 0 Å². The highest BCUT2D eigenvalue weighted by Gasteiger charge is 2.36. The monoisotopic (exact) mass is 442 g/mol. The van der Waals surface area contributed by atoms with Gasteiger partial charge in [0, 0.05) is 24.0 Å². The van der Waals surface area contributed by atoms with Gasteiger partial charge in [-0.2, -0.15) is 0 Å². The smallest absolute Gasteiger partial charge is 0.226 e. The number of nitrogens with zero attached hydrogens (tertiary/aromatic N) is 3. The molecule has 0 amide bonds. The highest BCUT2D eigenvalue weighted by molar-refractivity contribution is 5.55. The topological polar surface area (TPSA) is 52.1 Å². The Morgan fingerprint density at radius 2 is 1.15 bits per heavy atom. The Kier molecular flexibility index (Phi) is 5.67. The third kappa shape index (κ3) is 4.51. The molecule has 5 nitrogen and oxygen atoms in total. The van der Waals surface area contributed by atoms with Crippen LogP contribution in [-0.4, -0.2) is 27.5 Å². The van der Waals surface area contributed by atoms with Gasteiger partial charge in [0.25, 0.3) is 0 Å². The van der Waals surface area contributed by atoms with Crippen LogP contribution in [0.15, 0.2) is 57.4 Å². The van der Waals surface area contributed by atoms with Crippen LogP contribution in [0.5, 0.6) is 0 Å². The van der Waals surface area contributed by atoms with Crippen molar-refractivity contribution in [3.63, 3.8) is 0 Å². The summed E-state index contributed by atoms with van der Waals surface area (Å²) in [5.74, 6) is 3.24. The van der Waals surface area contributed by atoms with E-state index in [0.29, 0.717) is 11.8 Å². The zero-order valence-corrected chi connectivity index (χ0v) is 20.0. The quantitative estimate of drug-likeness (QED) is 0.318. The zero-order chi connectivity index (χ0) is 23.0. The number of aryl methyl sites for hydroxylation is 4. The second kappa shape index (κ2) is 8.64. The van der Waals surface area contributed by atoms with E-state index in [1.165, 1.54) is 24.0 Å². The summed E-state index contributed by atoms with van der Waals surface area (Å²) >= 11 is 0. The van der Waals surface area contributed by atoms with E-state index in [2.05, 4.69) is 62.4 Å². The van der Waals surface area contributed by atoms with Gasteiger partial charge in [-0.1, -0.05) is 35.4 Å². The second-order valence-corrected chi connectivity index (χ2v) is 9.59. The summed E-state index contributed by atoms with van der Waals surface area (Å²) in [5.41, 5.74) is 6.58. The van der Waals surface area contributed by atoms with Gasteiger partial charge in [0.05, 0.1) is 13.1 Å². The minimum Gasteiger partial charge on any atom is -0.441 e. The van der Waals surface area contributed by atoms with Crippen molar-refractivity contribution in [2.45, 2.75) is 53.6 Å². The lowest BCUT2D eigenvalue weighted by molar-refractivity contribution is -0.943. The van der Waals surface area contributed by atoms with E-state index in [0.717, 1.165) is 64.7 Å². The Balaban J connectivity index is 1.42. The normalized spacial score (nSPS) is 15.3. The van der Waals surface area contributed by atoms with Crippen molar-refractivity contribution < 1.29 is 13.3 Å². The fourth-order valence-electron chi connectivity index (χ4n) is 4.97. The van der Waals surface area contributed by atoms with Gasteiger partial charge in [0.15, 0.2) is 0 Å². The zero-order valence-electron chi connectivity index (χ0n) is 20.0. The third-order valence-corrected chi connectivity index (χ3v) is 6.80. The number of rotatable bonds is 6. The van der Waals surface area contributed by atoms with Crippen LogP contribution in [0, 0.1) is 27.7 Å². The molecule has 0 aliphatic carbocycles. The first-order valence-corrected chi connectivity index (χ1v) is 11.8. The molecule has 2 aromatic heterocycles. The number of benzene rings is 2. The van der Waals surface area contributed by atoms with E-state index in [9.17, 15) is 0 Å². The molecule has 0 atom stereocenters. The Morgan fingerprint density at radius 3 is 1.58 bits per heavy atom. The van der Waals surface area contributed by atoms with Crippen molar-refractivity contribution in [3.8, 4) is 22.9 Å². The van der Waals surface area contributed by atoms with Crippen molar-refractivity contribution in [2.75, 3.05) is 13.1 Å². The molecular formula is C28H32N3O2+. The van der Waals surface area contributed by atoms with E-state index in [1.807, 2.05) is 13.8 Å². The van der Waals surface area contributed by atoms with Crippen molar-refractivity contribution in [1.82, 2.24) is 9.97 Å². The fourth-order valence-corrected chi connectivity index (χ4v) is 4.97. The Morgan fingerprint density at radius 1 is 0.697 bits per heavy atom. The molecule has 2 aromatic carbocycles. The van der Waals surface area contributed by atoms with Gasteiger partial charge >= 0.3 is 0 Å². The summed E-state index contributed by atoms with van der Waals surface area (Å²) in [5, 5.41) is 0. The number of quaternary nitrogens is 1. The highest BCUT2D eigenvalue weighted by Crippen LogP contribution is 2.32. The standard InChI is InChI=1S/C28H32N3O2/c1-19-9-7-11-23(15-19)27-29-25(21(3)32-27)17-31(13-5-6-14-31)18-26-22(4)33-28(30-26)24-12-8-10-20(2)16-24/h7-12,15-16H,5-6,13-14,17-18H2,1-4H3/q+1. The first-order valence-electron chi connectivity index (χ1n) is 11.8. The van der Waals surface area contributed by atoms with Gasteiger partial charge in [0.1, 0.15) is 36.0 Å². The molecule has 0 saturated carbocycles. The fraction of sp³-hybridized carbons (Fsp3) is 0.357. The van der Waals surface area contributed by atoms with Crippen molar-refractivity contribution in [1.29, 1.82) is 0 Å². The van der Waals surface area contributed by atoms with E-state index >= 15 is 0 Å². The average Bonchev–Trinajstić information content (AvgIpc) is 3.49. The van der Waals surface area contributed by atoms with Gasteiger partial charge in [-0.3, -0.25) is 0 Å². The van der Waals surface area contributed by atoms with Crippen LogP contribution in [0.2, 0.25) is 0 Å². The average molecular weight is 443 g/mol. The molecule has 33 heavy (non-hydrogen) atoms. The summed E-state index contributed by atoms with van der Waals surface area (Å²) in [6.07, 6.45) is 2.45. The molecule has 170 valence electrons. The molecule has 0 spiro atoms. The molecule has 1 aliphatic rings. The van der Waals surface area contributed by atoms with E-state index in [-0.39, 0.29) is 0 Å². The predicted molar refractivity (Wildman–Crippen MR) is 129 cm³/mol. The second-order valence-electron chi connectivity index (χ2n) is 9.59. The molecule has 5 heteroatoms. The molecule has 0 radical (unpaired) electrons. The largest absolute Gasteiger partial charge is 0.441 e. The van der Waals surface area contributed by atoms with Crippen LogP contribution in [0.25, 0.3) is 22.9 Å². The number of aromatic nitrogens is 2. The van der Waals surface area contributed by atoms with Gasteiger partial charge in [-0.25, -0.2) is 9.97 Å². The lowest BCUT2D eigenvalue weighted by Gasteiger charge is -2.33. The third-order valence-electron chi connectivity index (χ3n) is 6.80. The summed E-state index contributed by atoms with van der Waals surface area (Å²) in [7, 11) is 0. The van der Waals surface area contributed by atoms with Gasteiger partial charge in [0.2, 0.25) is 11.8 Å². The summed E-state index contributed by atoms with van der Waals surface area (Å²) in [6, 6.07) is 16.7. The molecule has 4 aromatic rings. The van der Waals surface area contributed by atoms with Crippen LogP contribution in [0.1, 0.15) is 46.9 Å². The van der Waals surface area contributed by atoms with Gasteiger partial charge < -0.3 is 13.3 Å². The Hall–Kier alpha value is -3.18. The lowest BCUT2D eigenvalue weighted by atomic mass is 10.1. The SMILES string of the molecule is Cc1cccc(-c2nc(C[N+]3(Cc4nc(-c5cccc(C)c5)oc4C)CCCC3)c(C)o2)c1. The van der Waals surface area contributed by atoms with Crippen molar-refractivity contribution in [3.05, 3.63) is 82.6 Å². The summed E-state index contributed by atoms with van der Waals surface area (Å²) < 4.78 is 13.2. The minimum atomic E-state index is 0.711. The van der Waals surface area contributed by atoms with Crippen LogP contribution < -0.4 is 0 Å². The van der Waals surface area contributed by atoms with Crippen LogP contribution in [-0.2, 0) is 13.1 Å². The number of oxazole rings is 2. The summed E-state index contributed by atoms with van der Waals surface area (Å²) in [4.78, 5) is 9.86. The van der Waals surface area contributed by atoms with Crippen LogP contribution >= 0.6 is 0 Å². The first-order chi connectivity index (χ1) is 15.9. The van der Waals surface area contributed by atoms with E-state index in [4.69, 9.17) is 18.8 Å². The predicted octanol–water partition coefficient (Wildman–Crippen LogP) is 6.54. The first kappa shape index (κ1) is 21.7. The van der Waals surface area contributed by atoms with Gasteiger partial charge in [-0.15, -0.1) is 0 Å². The van der Waals surface area contributed by atoms with E-state index < -0.39 is 0 Å². The maximum absolute atomic E-state index is 6.10. The van der Waals surface area contributed by atoms with E-state index in [1.54, 1.807) is 0 Å². The molecule has 1 fully saturated rings. The Bertz CT molecular complexity index is 1180. The molecule has 1 saturated heterocycles. The molecule has 1 aliphatic heterocycles. The number of hydrogen-bond acceptors (Lipinski definition) is 4. The van der Waals surface area contributed by atoms with Gasteiger partial charge in [-0.05, 0) is 52.0 Å². The molecule has 5 rings (SSSR count). The molecule has 0 N–H and O–H groups in total. The van der Waals surface area contributed by atoms with Crippen molar-refractivity contribution in [2.24, 2.45) is 0 Å². The van der Waals surface area contributed by atoms with Crippen LogP contribution in [0.4, 0.5) is 0 Å². The maximum atomic E-state index is 6.10. The van der Waals surface area contributed by atoms with Crippen molar-refractivity contribution >= 4 is 0 Å². The molecule has 0 unspecified atom stereocenters. The number of hydrogen-bond donors (Lipinski definition) is 0. The Labute approximate surface area is 195 Å². The molecule has 0 bridgehead atoms. The minimum absolute atomic E-state index is 0.711. The summed E-state index contributed by atoms with van der Waals surface area (Å²) in [6.45, 7) is 12.2. The maximum Gasteiger partial charge on any atom is 0.226 e. The molecular weight excluding hydrogens is 410 g/mol. The number of likely N-dealkylation sites (tertiary alicyclic amines) is 1. The molecule has 3 heterocycles.